The lowest BCUT2D eigenvalue weighted by atomic mass is 10.1. The van der Waals surface area contributed by atoms with Crippen molar-refractivity contribution in [1.29, 1.82) is 0 Å². The van der Waals surface area contributed by atoms with Crippen molar-refractivity contribution >= 4 is 11.8 Å². The summed E-state index contributed by atoms with van der Waals surface area (Å²) < 4.78 is 18.8. The van der Waals surface area contributed by atoms with E-state index in [0.29, 0.717) is 5.95 Å². The van der Waals surface area contributed by atoms with Crippen molar-refractivity contribution in [3.05, 3.63) is 36.2 Å². The SMILES string of the molecule is CNc1ncc(F)c(NC(C)CCc2ccco2)n1. The standard InChI is InChI=1S/C13H17FN4O/c1-9(5-6-10-4-3-7-19-10)17-12-11(14)8-16-13(15-2)18-12/h3-4,7-9H,5-6H2,1-2H3,(H2,15,16,17,18). The molecule has 0 spiro atoms. The topological polar surface area (TPSA) is 63.0 Å². The summed E-state index contributed by atoms with van der Waals surface area (Å²) in [6.07, 6.45) is 4.43. The second-order valence-corrected chi connectivity index (χ2v) is 4.30. The predicted molar refractivity (Wildman–Crippen MR) is 71.7 cm³/mol. The van der Waals surface area contributed by atoms with Gasteiger partial charge < -0.3 is 15.1 Å². The summed E-state index contributed by atoms with van der Waals surface area (Å²) in [5.74, 6) is 1.07. The molecule has 2 heterocycles. The molecule has 2 N–H and O–H groups in total. The lowest BCUT2D eigenvalue weighted by Gasteiger charge is -2.14. The number of hydrogen-bond acceptors (Lipinski definition) is 5. The lowest BCUT2D eigenvalue weighted by molar-refractivity contribution is 0.494. The van der Waals surface area contributed by atoms with Crippen molar-refractivity contribution in [3.63, 3.8) is 0 Å². The Kier molecular flexibility index (Phi) is 4.33. The molecule has 0 radical (unpaired) electrons. The highest BCUT2D eigenvalue weighted by Crippen LogP contribution is 2.15. The van der Waals surface area contributed by atoms with Crippen molar-refractivity contribution < 1.29 is 8.81 Å². The molecule has 2 rings (SSSR count). The molecule has 0 aliphatic rings. The number of aromatic nitrogens is 2. The maximum absolute atomic E-state index is 13.5. The summed E-state index contributed by atoms with van der Waals surface area (Å²) in [5.41, 5.74) is 0. The van der Waals surface area contributed by atoms with Gasteiger partial charge in [0.25, 0.3) is 0 Å². The van der Waals surface area contributed by atoms with Crippen LogP contribution in [0.4, 0.5) is 16.2 Å². The molecule has 0 aliphatic carbocycles. The van der Waals surface area contributed by atoms with Gasteiger partial charge in [-0.3, -0.25) is 0 Å². The van der Waals surface area contributed by atoms with Gasteiger partial charge in [0, 0.05) is 19.5 Å². The van der Waals surface area contributed by atoms with Crippen LogP contribution in [-0.4, -0.2) is 23.1 Å². The Balaban J connectivity index is 1.92. The average Bonchev–Trinajstić information content (AvgIpc) is 2.92. The van der Waals surface area contributed by atoms with Crippen molar-refractivity contribution in [2.75, 3.05) is 17.7 Å². The molecule has 5 nitrogen and oxygen atoms in total. The Morgan fingerprint density at radius 3 is 3.00 bits per heavy atom. The third kappa shape index (κ3) is 3.67. The second kappa shape index (κ2) is 6.17. The van der Waals surface area contributed by atoms with Gasteiger partial charge >= 0.3 is 0 Å². The minimum absolute atomic E-state index is 0.0826. The van der Waals surface area contributed by atoms with E-state index in [2.05, 4.69) is 20.6 Å². The van der Waals surface area contributed by atoms with E-state index in [0.717, 1.165) is 24.8 Å². The molecule has 1 atom stereocenters. The molecule has 102 valence electrons. The summed E-state index contributed by atoms with van der Waals surface area (Å²) in [6, 6.07) is 3.87. The van der Waals surface area contributed by atoms with E-state index in [4.69, 9.17) is 4.42 Å². The average molecular weight is 264 g/mol. The van der Waals surface area contributed by atoms with Gasteiger partial charge in [-0.05, 0) is 25.5 Å². The smallest absolute Gasteiger partial charge is 0.224 e. The molecular formula is C13H17FN4O. The van der Waals surface area contributed by atoms with E-state index >= 15 is 0 Å². The molecule has 0 fully saturated rings. The van der Waals surface area contributed by atoms with Crippen molar-refractivity contribution in [3.8, 4) is 0 Å². The zero-order valence-electron chi connectivity index (χ0n) is 11.0. The fourth-order valence-electron chi connectivity index (χ4n) is 1.71. The summed E-state index contributed by atoms with van der Waals surface area (Å²) in [5, 5.41) is 5.82. The highest BCUT2D eigenvalue weighted by Gasteiger charge is 2.10. The first-order chi connectivity index (χ1) is 9.19. The van der Waals surface area contributed by atoms with E-state index in [1.54, 1.807) is 13.3 Å². The number of rotatable bonds is 6. The van der Waals surface area contributed by atoms with Gasteiger partial charge in [0.2, 0.25) is 5.95 Å². The summed E-state index contributed by atoms with van der Waals surface area (Å²) in [7, 11) is 1.69. The third-order valence-corrected chi connectivity index (χ3v) is 2.75. The first kappa shape index (κ1) is 13.3. The maximum Gasteiger partial charge on any atom is 0.224 e. The number of aryl methyl sites for hydroxylation is 1. The van der Waals surface area contributed by atoms with E-state index in [9.17, 15) is 4.39 Å². The van der Waals surface area contributed by atoms with Crippen LogP contribution in [0, 0.1) is 5.82 Å². The molecule has 19 heavy (non-hydrogen) atoms. The minimum Gasteiger partial charge on any atom is -0.469 e. The molecule has 0 saturated carbocycles. The zero-order valence-corrected chi connectivity index (χ0v) is 11.0. The van der Waals surface area contributed by atoms with Crippen LogP contribution in [0.2, 0.25) is 0 Å². The molecule has 0 aliphatic heterocycles. The molecular weight excluding hydrogens is 247 g/mol. The molecule has 2 aromatic heterocycles. The Bertz CT molecular complexity index is 515. The molecule has 0 saturated heterocycles. The number of hydrogen-bond donors (Lipinski definition) is 2. The summed E-state index contributed by atoms with van der Waals surface area (Å²) in [4.78, 5) is 7.84. The van der Waals surface area contributed by atoms with Crippen LogP contribution in [0.1, 0.15) is 19.1 Å². The largest absolute Gasteiger partial charge is 0.469 e. The van der Waals surface area contributed by atoms with Gasteiger partial charge in [-0.15, -0.1) is 0 Å². The predicted octanol–water partition coefficient (Wildman–Crippen LogP) is 2.68. The van der Waals surface area contributed by atoms with Gasteiger partial charge in [-0.2, -0.15) is 4.98 Å². The lowest BCUT2D eigenvalue weighted by Crippen LogP contribution is -2.18. The van der Waals surface area contributed by atoms with Gasteiger partial charge in [0.1, 0.15) is 5.76 Å². The highest BCUT2D eigenvalue weighted by molar-refractivity contribution is 5.41. The van der Waals surface area contributed by atoms with Crippen LogP contribution >= 0.6 is 0 Å². The quantitative estimate of drug-likeness (QED) is 0.840. The van der Waals surface area contributed by atoms with Crippen molar-refractivity contribution in [1.82, 2.24) is 9.97 Å². The normalized spacial score (nSPS) is 12.2. The number of nitrogens with zero attached hydrogens (tertiary/aromatic N) is 2. The van der Waals surface area contributed by atoms with Crippen LogP contribution in [-0.2, 0) is 6.42 Å². The van der Waals surface area contributed by atoms with Gasteiger partial charge in [0.05, 0.1) is 12.5 Å². The van der Waals surface area contributed by atoms with Gasteiger partial charge in [-0.1, -0.05) is 0 Å². The Hall–Kier alpha value is -2.11. The van der Waals surface area contributed by atoms with Crippen molar-refractivity contribution in [2.24, 2.45) is 0 Å². The van der Waals surface area contributed by atoms with Crippen LogP contribution < -0.4 is 10.6 Å². The monoisotopic (exact) mass is 264 g/mol. The minimum atomic E-state index is -0.455. The molecule has 2 aromatic rings. The fraction of sp³-hybridized carbons (Fsp3) is 0.385. The number of anilines is 2. The van der Waals surface area contributed by atoms with E-state index in [-0.39, 0.29) is 11.9 Å². The third-order valence-electron chi connectivity index (χ3n) is 2.75. The molecule has 6 heteroatoms. The first-order valence-corrected chi connectivity index (χ1v) is 6.18. The maximum atomic E-state index is 13.5. The number of halogens is 1. The molecule has 0 bridgehead atoms. The Morgan fingerprint density at radius 2 is 2.32 bits per heavy atom. The molecule has 0 amide bonds. The van der Waals surface area contributed by atoms with E-state index in [1.165, 1.54) is 0 Å². The highest BCUT2D eigenvalue weighted by atomic mass is 19.1. The zero-order chi connectivity index (χ0) is 13.7. The molecule has 0 aromatic carbocycles. The van der Waals surface area contributed by atoms with E-state index in [1.807, 2.05) is 19.1 Å². The molecule has 1 unspecified atom stereocenters. The summed E-state index contributed by atoms with van der Waals surface area (Å²) >= 11 is 0. The Morgan fingerprint density at radius 1 is 1.47 bits per heavy atom. The van der Waals surface area contributed by atoms with Gasteiger partial charge in [0.15, 0.2) is 11.6 Å². The van der Waals surface area contributed by atoms with Crippen LogP contribution in [0.25, 0.3) is 0 Å². The van der Waals surface area contributed by atoms with Gasteiger partial charge in [-0.25, -0.2) is 9.37 Å². The number of furan rings is 1. The van der Waals surface area contributed by atoms with Crippen molar-refractivity contribution in [2.45, 2.75) is 25.8 Å². The van der Waals surface area contributed by atoms with Crippen LogP contribution in [0.15, 0.2) is 29.0 Å². The second-order valence-electron chi connectivity index (χ2n) is 4.30. The Labute approximate surface area is 111 Å². The van der Waals surface area contributed by atoms with Crippen LogP contribution in [0.3, 0.4) is 0 Å². The summed E-state index contributed by atoms with van der Waals surface area (Å²) in [6.45, 7) is 1.98. The van der Waals surface area contributed by atoms with E-state index < -0.39 is 5.82 Å². The number of nitrogens with one attached hydrogen (secondary N) is 2. The van der Waals surface area contributed by atoms with Crippen LogP contribution in [0.5, 0.6) is 0 Å². The fourth-order valence-corrected chi connectivity index (χ4v) is 1.71. The first-order valence-electron chi connectivity index (χ1n) is 6.18.